The molecule has 31 heavy (non-hydrogen) atoms. The SMILES string of the molecule is COc1ccc(-c2noc(CSc3nc(C4CC4)n(-c4ccccc4)n3)n2)c(OC)c1. The Hall–Kier alpha value is -3.33. The smallest absolute Gasteiger partial charge is 0.237 e. The Labute approximate surface area is 183 Å². The third-order valence-corrected chi connectivity index (χ3v) is 5.82. The van der Waals surface area contributed by atoms with Crippen LogP contribution in [0.25, 0.3) is 17.1 Å². The van der Waals surface area contributed by atoms with Gasteiger partial charge < -0.3 is 14.0 Å². The van der Waals surface area contributed by atoms with Crippen LogP contribution in [0.4, 0.5) is 0 Å². The summed E-state index contributed by atoms with van der Waals surface area (Å²) in [5, 5.41) is 9.52. The number of ether oxygens (including phenoxy) is 2. The summed E-state index contributed by atoms with van der Waals surface area (Å²) < 4.78 is 18.1. The van der Waals surface area contributed by atoms with E-state index in [0.29, 0.717) is 40.0 Å². The van der Waals surface area contributed by atoms with E-state index in [1.54, 1.807) is 20.3 Å². The zero-order valence-corrected chi connectivity index (χ0v) is 18.0. The van der Waals surface area contributed by atoms with E-state index in [1.165, 1.54) is 11.8 Å². The van der Waals surface area contributed by atoms with E-state index in [9.17, 15) is 0 Å². The topological polar surface area (TPSA) is 88.1 Å². The Balaban J connectivity index is 1.33. The maximum atomic E-state index is 5.45. The van der Waals surface area contributed by atoms with Crippen LogP contribution in [0, 0.1) is 0 Å². The Morgan fingerprint density at radius 2 is 1.90 bits per heavy atom. The van der Waals surface area contributed by atoms with Gasteiger partial charge in [0.2, 0.25) is 16.9 Å². The van der Waals surface area contributed by atoms with Crippen molar-refractivity contribution < 1.29 is 14.0 Å². The van der Waals surface area contributed by atoms with E-state index in [-0.39, 0.29) is 0 Å². The Morgan fingerprint density at radius 1 is 1.06 bits per heavy atom. The average Bonchev–Trinajstić information content (AvgIpc) is 3.40. The number of thioether (sulfide) groups is 1. The van der Waals surface area contributed by atoms with Crippen LogP contribution in [0.3, 0.4) is 0 Å². The molecule has 1 fully saturated rings. The second-order valence-corrected chi connectivity index (χ2v) is 8.08. The number of para-hydroxylation sites is 1. The number of methoxy groups -OCH3 is 2. The Kier molecular flexibility index (Phi) is 5.33. The van der Waals surface area contributed by atoms with Gasteiger partial charge in [-0.2, -0.15) is 4.98 Å². The summed E-state index contributed by atoms with van der Waals surface area (Å²) in [5.41, 5.74) is 1.77. The van der Waals surface area contributed by atoms with Gasteiger partial charge in [-0.1, -0.05) is 35.1 Å². The van der Waals surface area contributed by atoms with Crippen molar-refractivity contribution in [3.63, 3.8) is 0 Å². The van der Waals surface area contributed by atoms with Crippen molar-refractivity contribution in [1.29, 1.82) is 0 Å². The van der Waals surface area contributed by atoms with Gasteiger partial charge in [-0.05, 0) is 37.1 Å². The molecule has 5 rings (SSSR count). The number of benzene rings is 2. The maximum absolute atomic E-state index is 5.45. The fourth-order valence-electron chi connectivity index (χ4n) is 3.26. The van der Waals surface area contributed by atoms with Gasteiger partial charge in [-0.3, -0.25) is 0 Å². The number of nitrogens with zero attached hydrogens (tertiary/aromatic N) is 5. The quantitative estimate of drug-likeness (QED) is 0.374. The van der Waals surface area contributed by atoms with Crippen LogP contribution < -0.4 is 9.47 Å². The summed E-state index contributed by atoms with van der Waals surface area (Å²) in [5.74, 6) is 4.28. The highest BCUT2D eigenvalue weighted by Crippen LogP contribution is 2.40. The summed E-state index contributed by atoms with van der Waals surface area (Å²) in [6.07, 6.45) is 2.32. The van der Waals surface area contributed by atoms with Gasteiger partial charge in [0.25, 0.3) is 0 Å². The average molecular weight is 436 g/mol. The number of hydrogen-bond acceptors (Lipinski definition) is 8. The summed E-state index contributed by atoms with van der Waals surface area (Å²) in [4.78, 5) is 9.28. The molecule has 2 heterocycles. The van der Waals surface area contributed by atoms with E-state index in [4.69, 9.17) is 24.1 Å². The van der Waals surface area contributed by atoms with Crippen LogP contribution in [0.15, 0.2) is 58.2 Å². The van der Waals surface area contributed by atoms with Crippen molar-refractivity contribution in [3.8, 4) is 28.6 Å². The first-order valence-electron chi connectivity index (χ1n) is 9.95. The molecule has 0 saturated heterocycles. The highest BCUT2D eigenvalue weighted by atomic mass is 32.2. The first-order chi connectivity index (χ1) is 15.2. The third-order valence-electron chi connectivity index (χ3n) is 5.00. The minimum Gasteiger partial charge on any atom is -0.497 e. The van der Waals surface area contributed by atoms with Gasteiger partial charge in [0.1, 0.15) is 17.3 Å². The zero-order chi connectivity index (χ0) is 21.2. The van der Waals surface area contributed by atoms with Crippen molar-refractivity contribution in [2.75, 3.05) is 14.2 Å². The molecule has 0 atom stereocenters. The minimum atomic E-state index is 0.469. The summed E-state index contributed by atoms with van der Waals surface area (Å²) in [6, 6.07) is 15.6. The van der Waals surface area contributed by atoms with Crippen molar-refractivity contribution in [1.82, 2.24) is 24.9 Å². The molecule has 1 saturated carbocycles. The largest absolute Gasteiger partial charge is 0.497 e. The lowest BCUT2D eigenvalue weighted by molar-refractivity contribution is 0.388. The molecule has 2 aromatic heterocycles. The first-order valence-corrected chi connectivity index (χ1v) is 10.9. The minimum absolute atomic E-state index is 0.469. The van der Waals surface area contributed by atoms with Crippen molar-refractivity contribution in [2.24, 2.45) is 0 Å². The fourth-order valence-corrected chi connectivity index (χ4v) is 3.93. The van der Waals surface area contributed by atoms with Gasteiger partial charge in [0.05, 0.1) is 31.2 Å². The molecule has 0 N–H and O–H groups in total. The monoisotopic (exact) mass is 435 g/mol. The second kappa shape index (κ2) is 8.43. The van der Waals surface area contributed by atoms with Gasteiger partial charge in [0.15, 0.2) is 0 Å². The molecule has 158 valence electrons. The van der Waals surface area contributed by atoms with Crippen molar-refractivity contribution >= 4 is 11.8 Å². The molecule has 8 nitrogen and oxygen atoms in total. The van der Waals surface area contributed by atoms with Crippen LogP contribution in [-0.2, 0) is 5.75 Å². The lowest BCUT2D eigenvalue weighted by Crippen LogP contribution is -2.01. The van der Waals surface area contributed by atoms with E-state index < -0.39 is 0 Å². The molecule has 1 aliphatic carbocycles. The number of aromatic nitrogens is 5. The van der Waals surface area contributed by atoms with E-state index in [0.717, 1.165) is 29.9 Å². The lowest BCUT2D eigenvalue weighted by Gasteiger charge is -2.07. The molecule has 0 radical (unpaired) electrons. The first kappa shape index (κ1) is 19.6. The van der Waals surface area contributed by atoms with Crippen LogP contribution in [0.5, 0.6) is 11.5 Å². The predicted octanol–water partition coefficient (Wildman–Crippen LogP) is 4.50. The molecule has 0 bridgehead atoms. The van der Waals surface area contributed by atoms with Crippen LogP contribution in [-0.4, -0.2) is 39.1 Å². The third kappa shape index (κ3) is 4.13. The molecule has 0 spiro atoms. The Bertz CT molecular complexity index is 1190. The van der Waals surface area contributed by atoms with E-state index in [1.807, 2.05) is 47.1 Å². The fraction of sp³-hybridized carbons (Fsp3) is 0.273. The van der Waals surface area contributed by atoms with Gasteiger partial charge in [-0.15, -0.1) is 5.10 Å². The van der Waals surface area contributed by atoms with Crippen molar-refractivity contribution in [3.05, 3.63) is 60.2 Å². The molecule has 0 unspecified atom stereocenters. The van der Waals surface area contributed by atoms with Crippen molar-refractivity contribution in [2.45, 2.75) is 29.7 Å². The molecule has 0 amide bonds. The Morgan fingerprint density at radius 3 is 2.65 bits per heavy atom. The number of hydrogen-bond donors (Lipinski definition) is 0. The van der Waals surface area contributed by atoms with Gasteiger partial charge >= 0.3 is 0 Å². The predicted molar refractivity (Wildman–Crippen MR) is 116 cm³/mol. The summed E-state index contributed by atoms with van der Waals surface area (Å²) >= 11 is 1.48. The van der Waals surface area contributed by atoms with E-state index in [2.05, 4.69) is 10.1 Å². The standard InChI is InChI=1S/C22H21N5O3S/c1-28-16-10-11-17(18(12-16)29-2)20-23-19(30-26-20)13-31-22-24-21(14-8-9-14)27(25-22)15-6-4-3-5-7-15/h3-7,10-12,14H,8-9,13H2,1-2H3. The highest BCUT2D eigenvalue weighted by molar-refractivity contribution is 7.98. The summed E-state index contributed by atoms with van der Waals surface area (Å²) in [7, 11) is 3.21. The molecule has 0 aliphatic heterocycles. The van der Waals surface area contributed by atoms with Crippen LogP contribution in [0.1, 0.15) is 30.5 Å². The molecule has 1 aliphatic rings. The van der Waals surface area contributed by atoms with Crippen LogP contribution >= 0.6 is 11.8 Å². The second-order valence-electron chi connectivity index (χ2n) is 7.14. The molecule has 9 heteroatoms. The molecular weight excluding hydrogens is 414 g/mol. The molecule has 4 aromatic rings. The zero-order valence-electron chi connectivity index (χ0n) is 17.2. The molecule has 2 aromatic carbocycles. The van der Waals surface area contributed by atoms with Gasteiger partial charge in [-0.25, -0.2) is 9.67 Å². The normalized spacial score (nSPS) is 13.4. The highest BCUT2D eigenvalue weighted by Gasteiger charge is 2.30. The molecular formula is C22H21N5O3S. The maximum Gasteiger partial charge on any atom is 0.237 e. The van der Waals surface area contributed by atoms with Crippen LogP contribution in [0.2, 0.25) is 0 Å². The lowest BCUT2D eigenvalue weighted by atomic mass is 10.2. The summed E-state index contributed by atoms with van der Waals surface area (Å²) in [6.45, 7) is 0. The van der Waals surface area contributed by atoms with E-state index >= 15 is 0 Å². The van der Waals surface area contributed by atoms with Gasteiger partial charge in [0, 0.05) is 12.0 Å². The number of rotatable bonds is 8.